The summed E-state index contributed by atoms with van der Waals surface area (Å²) in [7, 11) is 0. The van der Waals surface area contributed by atoms with Crippen LogP contribution < -0.4 is 0 Å². The van der Waals surface area contributed by atoms with Crippen LogP contribution in [-0.4, -0.2) is 47.4 Å². The van der Waals surface area contributed by atoms with Gasteiger partial charge < -0.3 is 14.8 Å². The minimum atomic E-state index is -0.412. The number of H-pyrrole nitrogens is 1. The van der Waals surface area contributed by atoms with E-state index in [-0.39, 0.29) is 0 Å². The molecule has 0 bridgehead atoms. The molecular formula is C18H26N2O2. The number of piperidine rings is 1. The Labute approximate surface area is 132 Å². The standard InChI is InChI=1S/C18H26N2O2/c1-2-22-13-15(21)12-20-10-6-5-9-18(20)17-11-14-7-3-4-8-16(14)19-17/h3-4,7-8,11,15,18-19,21H,2,5-6,9-10,12-13H2,1H3/t15-,18+/m0/s1. The molecule has 0 radical (unpaired) electrons. The molecule has 0 unspecified atom stereocenters. The number of fused-ring (bicyclic) bond motifs is 1. The van der Waals surface area contributed by atoms with E-state index >= 15 is 0 Å². The van der Waals surface area contributed by atoms with Crippen molar-refractivity contribution in [3.63, 3.8) is 0 Å². The summed E-state index contributed by atoms with van der Waals surface area (Å²) in [5.74, 6) is 0. The zero-order valence-corrected chi connectivity index (χ0v) is 13.3. The lowest BCUT2D eigenvalue weighted by Gasteiger charge is -2.36. The number of benzene rings is 1. The number of aromatic nitrogens is 1. The second-order valence-corrected chi connectivity index (χ2v) is 6.13. The van der Waals surface area contributed by atoms with Crippen LogP contribution >= 0.6 is 0 Å². The Morgan fingerprint density at radius 2 is 2.23 bits per heavy atom. The minimum Gasteiger partial charge on any atom is -0.389 e. The van der Waals surface area contributed by atoms with Crippen molar-refractivity contribution in [3.8, 4) is 0 Å². The van der Waals surface area contributed by atoms with Gasteiger partial charge in [0.25, 0.3) is 0 Å². The van der Waals surface area contributed by atoms with Gasteiger partial charge in [-0.2, -0.15) is 0 Å². The fourth-order valence-corrected chi connectivity index (χ4v) is 3.41. The summed E-state index contributed by atoms with van der Waals surface area (Å²) in [5.41, 5.74) is 2.46. The van der Waals surface area contributed by atoms with Crippen LogP contribution in [0.5, 0.6) is 0 Å². The van der Waals surface area contributed by atoms with Gasteiger partial charge in [-0.25, -0.2) is 0 Å². The number of β-amino-alcohol motifs (C(OH)–C–C–N with tert-alkyl or cyclic N) is 1. The number of para-hydroxylation sites is 1. The maximum atomic E-state index is 10.2. The van der Waals surface area contributed by atoms with Crippen molar-refractivity contribution in [3.05, 3.63) is 36.0 Å². The molecule has 0 spiro atoms. The molecule has 2 N–H and O–H groups in total. The van der Waals surface area contributed by atoms with Crippen molar-refractivity contribution < 1.29 is 9.84 Å². The second kappa shape index (κ2) is 7.27. The molecule has 1 aliphatic heterocycles. The van der Waals surface area contributed by atoms with Crippen LogP contribution in [0.4, 0.5) is 0 Å². The molecule has 2 aromatic rings. The zero-order valence-electron chi connectivity index (χ0n) is 13.3. The molecule has 4 heteroatoms. The second-order valence-electron chi connectivity index (χ2n) is 6.13. The molecule has 0 saturated carbocycles. The van der Waals surface area contributed by atoms with E-state index in [2.05, 4.69) is 40.2 Å². The van der Waals surface area contributed by atoms with E-state index in [1.54, 1.807) is 0 Å². The van der Waals surface area contributed by atoms with Gasteiger partial charge in [-0.3, -0.25) is 4.90 Å². The highest BCUT2D eigenvalue weighted by atomic mass is 16.5. The van der Waals surface area contributed by atoms with Crippen LogP contribution in [0.25, 0.3) is 10.9 Å². The minimum absolute atomic E-state index is 0.373. The van der Waals surface area contributed by atoms with E-state index in [1.165, 1.54) is 29.4 Å². The molecule has 1 aliphatic rings. The summed E-state index contributed by atoms with van der Waals surface area (Å²) in [5, 5.41) is 11.4. The van der Waals surface area contributed by atoms with E-state index in [4.69, 9.17) is 4.74 Å². The van der Waals surface area contributed by atoms with Crippen molar-refractivity contribution in [2.75, 3.05) is 26.3 Å². The topological polar surface area (TPSA) is 48.5 Å². The maximum absolute atomic E-state index is 10.2. The molecule has 2 heterocycles. The van der Waals surface area contributed by atoms with Gasteiger partial charge in [-0.05, 0) is 43.8 Å². The number of nitrogens with one attached hydrogen (secondary N) is 1. The van der Waals surface area contributed by atoms with Crippen molar-refractivity contribution in [1.82, 2.24) is 9.88 Å². The van der Waals surface area contributed by atoms with Gasteiger partial charge in [0.15, 0.2) is 0 Å². The van der Waals surface area contributed by atoms with Crippen molar-refractivity contribution in [1.29, 1.82) is 0 Å². The number of ether oxygens (including phenoxy) is 1. The fourth-order valence-electron chi connectivity index (χ4n) is 3.41. The van der Waals surface area contributed by atoms with E-state index in [9.17, 15) is 5.11 Å². The number of rotatable bonds is 6. The lowest BCUT2D eigenvalue weighted by atomic mass is 9.99. The average Bonchev–Trinajstić information content (AvgIpc) is 2.97. The summed E-state index contributed by atoms with van der Waals surface area (Å²) < 4.78 is 5.34. The van der Waals surface area contributed by atoms with Gasteiger partial charge in [0.1, 0.15) is 0 Å². The van der Waals surface area contributed by atoms with Crippen LogP contribution in [0, 0.1) is 0 Å². The molecule has 2 atom stereocenters. The maximum Gasteiger partial charge on any atom is 0.0900 e. The van der Waals surface area contributed by atoms with Gasteiger partial charge in [-0.15, -0.1) is 0 Å². The largest absolute Gasteiger partial charge is 0.389 e. The Hall–Kier alpha value is -1.36. The van der Waals surface area contributed by atoms with E-state index in [0.29, 0.717) is 25.8 Å². The summed E-state index contributed by atoms with van der Waals surface area (Å²) in [6.45, 7) is 4.76. The molecule has 22 heavy (non-hydrogen) atoms. The van der Waals surface area contributed by atoms with Crippen LogP contribution in [0.15, 0.2) is 30.3 Å². The lowest BCUT2D eigenvalue weighted by Crippen LogP contribution is -2.40. The first-order valence-electron chi connectivity index (χ1n) is 8.35. The average molecular weight is 302 g/mol. The molecule has 3 rings (SSSR count). The Kier molecular flexibility index (Phi) is 5.13. The van der Waals surface area contributed by atoms with Crippen LogP contribution in [0.3, 0.4) is 0 Å². The highest BCUT2D eigenvalue weighted by Gasteiger charge is 2.26. The third-order valence-electron chi connectivity index (χ3n) is 4.48. The fraction of sp³-hybridized carbons (Fsp3) is 0.556. The Balaban J connectivity index is 1.74. The smallest absolute Gasteiger partial charge is 0.0900 e. The molecule has 4 nitrogen and oxygen atoms in total. The SMILES string of the molecule is CCOC[C@@H](O)CN1CCCC[C@@H]1c1cc2ccccc2[nH]1. The molecule has 1 aromatic heterocycles. The van der Waals surface area contributed by atoms with Gasteiger partial charge in [0.2, 0.25) is 0 Å². The quantitative estimate of drug-likeness (QED) is 0.862. The van der Waals surface area contributed by atoms with E-state index in [0.717, 1.165) is 13.0 Å². The molecule has 1 aromatic carbocycles. The lowest BCUT2D eigenvalue weighted by molar-refractivity contribution is 0.00474. The number of aliphatic hydroxyl groups is 1. The monoisotopic (exact) mass is 302 g/mol. The van der Waals surface area contributed by atoms with Crippen LogP contribution in [0.1, 0.15) is 37.9 Å². The first-order valence-corrected chi connectivity index (χ1v) is 8.35. The highest BCUT2D eigenvalue weighted by Crippen LogP contribution is 2.32. The van der Waals surface area contributed by atoms with Gasteiger partial charge in [-0.1, -0.05) is 24.6 Å². The van der Waals surface area contributed by atoms with Crippen molar-refractivity contribution in [2.45, 2.75) is 38.3 Å². The third-order valence-corrected chi connectivity index (χ3v) is 4.48. The summed E-state index contributed by atoms with van der Waals surface area (Å²) >= 11 is 0. The highest BCUT2D eigenvalue weighted by molar-refractivity contribution is 5.80. The molecule has 1 fully saturated rings. The first kappa shape index (κ1) is 15.5. The number of hydrogen-bond acceptors (Lipinski definition) is 3. The number of aromatic amines is 1. The predicted molar refractivity (Wildman–Crippen MR) is 89.0 cm³/mol. The Morgan fingerprint density at radius 1 is 1.36 bits per heavy atom. The zero-order chi connectivity index (χ0) is 15.4. The van der Waals surface area contributed by atoms with Gasteiger partial charge in [0.05, 0.1) is 12.7 Å². The van der Waals surface area contributed by atoms with Crippen LogP contribution in [0.2, 0.25) is 0 Å². The molecule has 0 aliphatic carbocycles. The van der Waals surface area contributed by atoms with Gasteiger partial charge in [0, 0.05) is 30.4 Å². The molecular weight excluding hydrogens is 276 g/mol. The number of aliphatic hydroxyl groups excluding tert-OH is 1. The molecule has 120 valence electrons. The normalized spacial score (nSPS) is 21.3. The molecule has 1 saturated heterocycles. The third kappa shape index (κ3) is 3.51. The predicted octanol–water partition coefficient (Wildman–Crippen LogP) is 3.09. The number of hydrogen-bond donors (Lipinski definition) is 2. The number of nitrogens with zero attached hydrogens (tertiary/aromatic N) is 1. The van der Waals surface area contributed by atoms with Crippen LogP contribution in [-0.2, 0) is 4.74 Å². The van der Waals surface area contributed by atoms with Gasteiger partial charge >= 0.3 is 0 Å². The Bertz CT molecular complexity index is 563. The van der Waals surface area contributed by atoms with Crippen molar-refractivity contribution in [2.24, 2.45) is 0 Å². The van der Waals surface area contributed by atoms with E-state index in [1.807, 2.05) is 6.92 Å². The summed E-state index contributed by atoms with van der Waals surface area (Å²) in [4.78, 5) is 5.96. The first-order chi connectivity index (χ1) is 10.8. The number of likely N-dealkylation sites (tertiary alicyclic amines) is 1. The summed E-state index contributed by atoms with van der Waals surface area (Å²) in [6.07, 6.45) is 3.19. The summed E-state index contributed by atoms with van der Waals surface area (Å²) in [6, 6.07) is 11.0. The van der Waals surface area contributed by atoms with E-state index < -0.39 is 6.10 Å². The molecule has 0 amide bonds. The van der Waals surface area contributed by atoms with Crippen molar-refractivity contribution >= 4 is 10.9 Å². The Morgan fingerprint density at radius 3 is 3.05 bits per heavy atom.